The lowest BCUT2D eigenvalue weighted by molar-refractivity contribution is 0.0691. The molecular formula is C17H12N2O3. The molecule has 0 bridgehead atoms. The van der Waals surface area contributed by atoms with Gasteiger partial charge in [-0.15, -0.1) is 0 Å². The third-order valence-corrected chi connectivity index (χ3v) is 3.27. The van der Waals surface area contributed by atoms with Crippen LogP contribution in [0, 0.1) is 0 Å². The number of rotatable bonds is 3. The van der Waals surface area contributed by atoms with Crippen molar-refractivity contribution in [2.75, 3.05) is 0 Å². The Morgan fingerprint density at radius 3 is 2.55 bits per heavy atom. The van der Waals surface area contributed by atoms with Gasteiger partial charge in [-0.25, -0.2) is 9.79 Å². The molecule has 0 aliphatic rings. The number of amides is 1. The van der Waals surface area contributed by atoms with Crippen LogP contribution in [0.2, 0.25) is 0 Å². The molecule has 0 fully saturated rings. The average Bonchev–Trinajstić information content (AvgIpc) is 2.98. The van der Waals surface area contributed by atoms with Crippen LogP contribution in [0.1, 0.15) is 26.4 Å². The second-order valence-corrected chi connectivity index (χ2v) is 4.73. The van der Waals surface area contributed by atoms with Gasteiger partial charge in [0, 0.05) is 28.2 Å². The first-order chi connectivity index (χ1) is 10.6. The van der Waals surface area contributed by atoms with E-state index in [1.807, 2.05) is 6.07 Å². The number of aliphatic imine (C=N–C) groups is 1. The van der Waals surface area contributed by atoms with Gasteiger partial charge in [0.25, 0.3) is 5.91 Å². The van der Waals surface area contributed by atoms with Crippen molar-refractivity contribution in [2.45, 2.75) is 0 Å². The molecule has 0 aliphatic heterocycles. The van der Waals surface area contributed by atoms with E-state index in [1.165, 1.54) is 12.3 Å². The number of hydrogen-bond acceptors (Lipinski definition) is 2. The highest BCUT2D eigenvalue weighted by molar-refractivity contribution is 6.07. The Labute approximate surface area is 125 Å². The number of aromatic carboxylic acids is 1. The molecule has 2 aromatic carbocycles. The summed E-state index contributed by atoms with van der Waals surface area (Å²) in [5, 5.41) is 9.74. The molecule has 3 aromatic rings. The van der Waals surface area contributed by atoms with Crippen LogP contribution in [0.4, 0.5) is 0 Å². The van der Waals surface area contributed by atoms with Gasteiger partial charge in [0.15, 0.2) is 0 Å². The summed E-state index contributed by atoms with van der Waals surface area (Å²) >= 11 is 0. The molecule has 0 radical (unpaired) electrons. The van der Waals surface area contributed by atoms with Gasteiger partial charge in [-0.1, -0.05) is 30.3 Å². The number of carbonyl (C=O) groups is 2. The maximum Gasteiger partial charge on any atom is 0.352 e. The number of carboxylic acid groups (broad SMARTS) is 1. The number of carbonyl (C=O) groups excluding carboxylic acids is 1. The Hall–Kier alpha value is -3.21. The van der Waals surface area contributed by atoms with Gasteiger partial charge in [0.2, 0.25) is 0 Å². The van der Waals surface area contributed by atoms with Crippen LogP contribution in [0.3, 0.4) is 0 Å². The van der Waals surface area contributed by atoms with E-state index in [2.05, 4.69) is 9.98 Å². The van der Waals surface area contributed by atoms with Crippen molar-refractivity contribution >= 4 is 29.0 Å². The molecule has 1 heterocycles. The minimum absolute atomic E-state index is 0.102. The molecule has 0 spiro atoms. The van der Waals surface area contributed by atoms with Crippen LogP contribution >= 0.6 is 0 Å². The quantitative estimate of drug-likeness (QED) is 0.727. The molecule has 2 N–H and O–H groups in total. The zero-order valence-electron chi connectivity index (χ0n) is 11.5. The topological polar surface area (TPSA) is 82.5 Å². The molecule has 5 heteroatoms. The van der Waals surface area contributed by atoms with Crippen LogP contribution in [0.5, 0.6) is 0 Å². The van der Waals surface area contributed by atoms with Gasteiger partial charge in [-0.3, -0.25) is 4.79 Å². The van der Waals surface area contributed by atoms with E-state index in [0.717, 1.165) is 0 Å². The lowest BCUT2D eigenvalue weighted by atomic mass is 10.1. The molecule has 5 nitrogen and oxygen atoms in total. The maximum atomic E-state index is 12.0. The number of benzene rings is 2. The molecule has 0 unspecified atom stereocenters. The monoisotopic (exact) mass is 292 g/mol. The Bertz CT molecular complexity index is 879. The van der Waals surface area contributed by atoms with Gasteiger partial charge >= 0.3 is 5.97 Å². The molecule has 1 aromatic heterocycles. The highest BCUT2D eigenvalue weighted by Crippen LogP contribution is 2.19. The highest BCUT2D eigenvalue weighted by atomic mass is 16.4. The Balaban J connectivity index is 1.95. The molecule has 22 heavy (non-hydrogen) atoms. The first kappa shape index (κ1) is 13.8. The fourth-order valence-corrected chi connectivity index (χ4v) is 2.19. The first-order valence-corrected chi connectivity index (χ1v) is 6.63. The van der Waals surface area contributed by atoms with Gasteiger partial charge < -0.3 is 10.1 Å². The molecule has 0 saturated heterocycles. The van der Waals surface area contributed by atoms with Crippen molar-refractivity contribution in [2.24, 2.45) is 4.99 Å². The molecule has 0 saturated carbocycles. The number of aromatic amines is 1. The van der Waals surface area contributed by atoms with Crippen LogP contribution in [-0.4, -0.2) is 28.2 Å². The van der Waals surface area contributed by atoms with Crippen molar-refractivity contribution in [3.63, 3.8) is 0 Å². The summed E-state index contributed by atoms with van der Waals surface area (Å²) in [4.78, 5) is 29.7. The number of fused-ring (bicyclic) bond motifs is 1. The smallest absolute Gasteiger partial charge is 0.352 e. The molecule has 3 rings (SSSR count). The summed E-state index contributed by atoms with van der Waals surface area (Å²) in [6, 6.07) is 15.6. The van der Waals surface area contributed by atoms with Crippen LogP contribution in [0.15, 0.2) is 59.6 Å². The number of hydrogen-bond donors (Lipinski definition) is 2. The minimum Gasteiger partial charge on any atom is -0.477 e. The Morgan fingerprint density at radius 1 is 1.05 bits per heavy atom. The lowest BCUT2D eigenvalue weighted by Gasteiger charge is -1.96. The predicted octanol–water partition coefficient (Wildman–Crippen LogP) is 3.13. The molecule has 0 aliphatic carbocycles. The van der Waals surface area contributed by atoms with E-state index in [1.54, 1.807) is 42.5 Å². The third-order valence-electron chi connectivity index (χ3n) is 3.27. The maximum absolute atomic E-state index is 12.0. The van der Waals surface area contributed by atoms with Crippen molar-refractivity contribution in [3.8, 4) is 0 Å². The summed E-state index contributed by atoms with van der Waals surface area (Å²) in [5.41, 5.74) is 1.98. The van der Waals surface area contributed by atoms with E-state index in [-0.39, 0.29) is 11.6 Å². The minimum atomic E-state index is -1.03. The summed E-state index contributed by atoms with van der Waals surface area (Å²) in [6.07, 6.45) is 1.46. The van der Waals surface area contributed by atoms with Crippen molar-refractivity contribution in [1.29, 1.82) is 0 Å². The second kappa shape index (κ2) is 5.65. The number of H-pyrrole nitrogens is 1. The molecule has 1 amide bonds. The standard InChI is InChI=1S/C17H12N2O3/c20-16(11-5-2-1-3-6-11)18-10-12-7-4-8-14-13(12)9-15(19-14)17(21)22/h1-10,19H,(H,21,22)/b18-10+. The fraction of sp³-hybridized carbons (Fsp3) is 0. The zero-order chi connectivity index (χ0) is 15.5. The third kappa shape index (κ3) is 2.64. The number of aromatic nitrogens is 1. The van der Waals surface area contributed by atoms with Gasteiger partial charge in [0.1, 0.15) is 5.69 Å². The van der Waals surface area contributed by atoms with Crippen molar-refractivity contribution in [1.82, 2.24) is 4.98 Å². The largest absolute Gasteiger partial charge is 0.477 e. The molecule has 108 valence electrons. The van der Waals surface area contributed by atoms with Gasteiger partial charge in [-0.2, -0.15) is 0 Å². The van der Waals surface area contributed by atoms with Gasteiger partial charge in [-0.05, 0) is 24.3 Å². The van der Waals surface area contributed by atoms with Crippen LogP contribution in [0.25, 0.3) is 10.9 Å². The lowest BCUT2D eigenvalue weighted by Crippen LogP contribution is -1.95. The first-order valence-electron chi connectivity index (χ1n) is 6.63. The number of nitrogens with one attached hydrogen (secondary N) is 1. The predicted molar refractivity (Wildman–Crippen MR) is 83.6 cm³/mol. The Morgan fingerprint density at radius 2 is 1.82 bits per heavy atom. The van der Waals surface area contributed by atoms with Crippen LogP contribution in [-0.2, 0) is 0 Å². The summed E-state index contributed by atoms with van der Waals surface area (Å²) < 4.78 is 0. The van der Waals surface area contributed by atoms with Gasteiger partial charge in [0.05, 0.1) is 0 Å². The normalized spacial score (nSPS) is 11.1. The average molecular weight is 292 g/mol. The number of nitrogens with zero attached hydrogens (tertiary/aromatic N) is 1. The number of carboxylic acids is 1. The van der Waals surface area contributed by atoms with Crippen LogP contribution < -0.4 is 0 Å². The summed E-state index contributed by atoms with van der Waals surface area (Å²) in [6.45, 7) is 0. The van der Waals surface area contributed by atoms with E-state index in [0.29, 0.717) is 22.0 Å². The SMILES string of the molecule is O=C(/N=C/c1cccc2[nH]c(C(=O)O)cc12)c1ccccc1. The molecule has 0 atom stereocenters. The fourth-order valence-electron chi connectivity index (χ4n) is 2.19. The Kier molecular flexibility index (Phi) is 3.53. The van der Waals surface area contributed by atoms with E-state index in [4.69, 9.17) is 5.11 Å². The zero-order valence-corrected chi connectivity index (χ0v) is 11.5. The highest BCUT2D eigenvalue weighted by Gasteiger charge is 2.09. The van der Waals surface area contributed by atoms with E-state index < -0.39 is 5.97 Å². The van der Waals surface area contributed by atoms with Crippen molar-refractivity contribution in [3.05, 3.63) is 71.4 Å². The van der Waals surface area contributed by atoms with Crippen molar-refractivity contribution < 1.29 is 14.7 Å². The van der Waals surface area contributed by atoms with E-state index in [9.17, 15) is 9.59 Å². The summed E-state index contributed by atoms with van der Waals surface area (Å²) in [7, 11) is 0. The summed E-state index contributed by atoms with van der Waals surface area (Å²) in [5.74, 6) is -1.37. The second-order valence-electron chi connectivity index (χ2n) is 4.73. The van der Waals surface area contributed by atoms with E-state index >= 15 is 0 Å². The molecular weight excluding hydrogens is 280 g/mol.